The molecule has 0 atom stereocenters. The third-order valence-electron chi connectivity index (χ3n) is 5.01. The van der Waals surface area contributed by atoms with Crippen molar-refractivity contribution in [2.75, 3.05) is 12.1 Å². The van der Waals surface area contributed by atoms with Crippen molar-refractivity contribution in [3.63, 3.8) is 0 Å². The molecule has 0 bridgehead atoms. The van der Waals surface area contributed by atoms with Gasteiger partial charge >= 0.3 is 6.03 Å². The van der Waals surface area contributed by atoms with Gasteiger partial charge in [0.05, 0.1) is 27.6 Å². The fourth-order valence-electron chi connectivity index (χ4n) is 3.48. The fraction of sp³-hybridized carbons (Fsp3) is 0.286. The summed E-state index contributed by atoms with van der Waals surface area (Å²) in [5.74, 6) is 0.326. The second kappa shape index (κ2) is 8.16. The van der Waals surface area contributed by atoms with Crippen LogP contribution in [0.5, 0.6) is 5.75 Å². The highest BCUT2D eigenvalue weighted by Gasteiger charge is 2.38. The van der Waals surface area contributed by atoms with E-state index in [-0.39, 0.29) is 27.1 Å². The number of likely N-dealkylation sites (N-methyl/N-ethyl adjacent to an activating group) is 1. The number of carbonyl (C=O) groups excluding carboxylic acids is 2. The molecule has 0 saturated heterocycles. The number of ether oxygens (including phenoxy) is 1. The number of amides is 3. The maximum absolute atomic E-state index is 12.4. The average Bonchev–Trinajstić information content (AvgIpc) is 2.99. The van der Waals surface area contributed by atoms with Crippen LogP contribution >= 0.6 is 23.2 Å². The molecule has 1 aliphatic carbocycles. The monoisotopic (exact) mass is 448 g/mol. The topological polar surface area (TPSA) is 83.0 Å². The Morgan fingerprint density at radius 2 is 1.97 bits per heavy atom. The molecule has 158 valence electrons. The second-order valence-corrected chi connectivity index (χ2v) is 8.41. The number of anilines is 1. The van der Waals surface area contributed by atoms with Gasteiger partial charge < -0.3 is 15.4 Å². The lowest BCUT2D eigenvalue weighted by Gasteiger charge is -2.23. The van der Waals surface area contributed by atoms with Gasteiger partial charge in [-0.25, -0.2) is 4.79 Å². The van der Waals surface area contributed by atoms with Crippen LogP contribution in [0.25, 0.3) is 0 Å². The van der Waals surface area contributed by atoms with Crippen LogP contribution in [0.1, 0.15) is 26.7 Å². The van der Waals surface area contributed by atoms with E-state index in [9.17, 15) is 9.59 Å². The predicted octanol–water partition coefficient (Wildman–Crippen LogP) is 4.78. The molecule has 0 radical (unpaired) electrons. The summed E-state index contributed by atoms with van der Waals surface area (Å²) in [6, 6.07) is 2.53. The number of hydrazone groups is 1. The molecule has 0 aromatic heterocycles. The Kier molecular flexibility index (Phi) is 5.97. The molecule has 2 aliphatic rings. The Morgan fingerprint density at radius 1 is 1.33 bits per heavy atom. The Balaban J connectivity index is 1.91. The van der Waals surface area contributed by atoms with Gasteiger partial charge in [0.2, 0.25) is 5.91 Å². The number of hydrogen-bond donors (Lipinski definition) is 2. The highest BCUT2D eigenvalue weighted by atomic mass is 35.5. The van der Waals surface area contributed by atoms with Crippen LogP contribution in [0.15, 0.2) is 53.0 Å². The molecule has 0 unspecified atom stereocenters. The molecule has 7 nitrogen and oxygen atoms in total. The Morgan fingerprint density at radius 3 is 2.53 bits per heavy atom. The van der Waals surface area contributed by atoms with Gasteiger partial charge in [0, 0.05) is 18.2 Å². The lowest BCUT2D eigenvalue weighted by atomic mass is 9.85. The highest BCUT2D eigenvalue weighted by molar-refractivity contribution is 6.37. The van der Waals surface area contributed by atoms with Gasteiger partial charge in [-0.05, 0) is 30.4 Å². The molecule has 2 N–H and O–H groups in total. The minimum absolute atomic E-state index is 0.166. The molecule has 3 amide bonds. The first-order chi connectivity index (χ1) is 14.0. The zero-order valence-electron chi connectivity index (χ0n) is 16.9. The zero-order valence-corrected chi connectivity index (χ0v) is 18.4. The smallest absolute Gasteiger partial charge is 0.347 e. The van der Waals surface area contributed by atoms with Crippen molar-refractivity contribution in [1.29, 1.82) is 0 Å². The van der Waals surface area contributed by atoms with E-state index in [1.165, 1.54) is 18.3 Å². The van der Waals surface area contributed by atoms with Gasteiger partial charge in [0.1, 0.15) is 5.76 Å². The van der Waals surface area contributed by atoms with E-state index in [4.69, 9.17) is 27.9 Å². The molecule has 1 aromatic carbocycles. The molecule has 0 spiro atoms. The lowest BCUT2D eigenvalue weighted by molar-refractivity contribution is -0.117. The number of nitrogens with zero attached hydrogens (tertiary/aromatic N) is 2. The van der Waals surface area contributed by atoms with Crippen molar-refractivity contribution >= 4 is 47.0 Å². The van der Waals surface area contributed by atoms with E-state index in [1.54, 1.807) is 7.05 Å². The first-order valence-electron chi connectivity index (χ1n) is 9.21. The first-order valence-corrected chi connectivity index (χ1v) is 9.96. The van der Waals surface area contributed by atoms with Crippen molar-refractivity contribution in [2.45, 2.75) is 26.7 Å². The van der Waals surface area contributed by atoms with Crippen molar-refractivity contribution in [1.82, 2.24) is 10.6 Å². The van der Waals surface area contributed by atoms with Crippen LogP contribution in [-0.4, -0.2) is 25.2 Å². The summed E-state index contributed by atoms with van der Waals surface area (Å²) in [5.41, 5.74) is 1.80. The number of nitrogens with one attached hydrogen (secondary N) is 2. The Hall–Kier alpha value is -2.77. The normalized spacial score (nSPS) is 17.8. The molecule has 0 fully saturated rings. The maximum Gasteiger partial charge on any atom is 0.347 e. The molecule has 9 heteroatoms. The molecular formula is C21H22Cl2N4O3. The summed E-state index contributed by atoms with van der Waals surface area (Å²) in [6.07, 6.45) is 2.85. The Bertz CT molecular complexity index is 1000. The van der Waals surface area contributed by atoms with Crippen LogP contribution in [0.2, 0.25) is 10.0 Å². The van der Waals surface area contributed by atoms with Crippen LogP contribution in [0.4, 0.5) is 10.5 Å². The molecule has 0 saturated carbocycles. The first kappa shape index (κ1) is 21.9. The minimum Gasteiger partial charge on any atom is -0.455 e. The number of halogens is 2. The number of hydrogen-bond acceptors (Lipinski definition) is 4. The van der Waals surface area contributed by atoms with Crippen LogP contribution < -0.4 is 20.4 Å². The molecule has 1 heterocycles. The van der Waals surface area contributed by atoms with Gasteiger partial charge in [-0.3, -0.25) is 4.79 Å². The molecule has 30 heavy (non-hydrogen) atoms. The van der Waals surface area contributed by atoms with Gasteiger partial charge in [-0.15, -0.1) is 0 Å². The third-order valence-corrected chi connectivity index (χ3v) is 5.57. The van der Waals surface area contributed by atoms with Crippen molar-refractivity contribution < 1.29 is 14.3 Å². The molecular weight excluding hydrogens is 427 g/mol. The quantitative estimate of drug-likeness (QED) is 0.635. The van der Waals surface area contributed by atoms with E-state index in [0.29, 0.717) is 29.1 Å². The number of carbonyl (C=O) groups is 2. The van der Waals surface area contributed by atoms with Gasteiger partial charge in [0.15, 0.2) is 5.75 Å². The van der Waals surface area contributed by atoms with Gasteiger partial charge in [-0.2, -0.15) is 10.1 Å². The van der Waals surface area contributed by atoms with Crippen LogP contribution in [0.3, 0.4) is 0 Å². The van der Waals surface area contributed by atoms with E-state index < -0.39 is 6.03 Å². The SMILES string of the molecule is C=C1C=NN(c2cc(Cl)c(OC(=C)C3=C(C(=O)NC)C(C)(C)CC3)c(Cl)c2)C(=O)N1. The van der Waals surface area contributed by atoms with Gasteiger partial charge in [0.25, 0.3) is 0 Å². The second-order valence-electron chi connectivity index (χ2n) is 7.59. The summed E-state index contributed by atoms with van der Waals surface area (Å²) in [6.45, 7) is 11.6. The predicted molar refractivity (Wildman–Crippen MR) is 119 cm³/mol. The van der Waals surface area contributed by atoms with Crippen molar-refractivity contribution in [2.24, 2.45) is 10.5 Å². The van der Waals surface area contributed by atoms with E-state index in [0.717, 1.165) is 17.0 Å². The molecule has 1 aromatic rings. The lowest BCUT2D eigenvalue weighted by Crippen LogP contribution is -2.40. The Labute approximate surface area is 185 Å². The summed E-state index contributed by atoms with van der Waals surface area (Å²) in [5, 5.41) is 10.7. The summed E-state index contributed by atoms with van der Waals surface area (Å²) >= 11 is 12.8. The van der Waals surface area contributed by atoms with Crippen molar-refractivity contribution in [3.8, 4) is 5.75 Å². The van der Waals surface area contributed by atoms with E-state index in [2.05, 4.69) is 28.9 Å². The largest absolute Gasteiger partial charge is 0.455 e. The van der Waals surface area contributed by atoms with Gasteiger partial charge in [-0.1, -0.05) is 50.2 Å². The summed E-state index contributed by atoms with van der Waals surface area (Å²) in [4.78, 5) is 24.5. The summed E-state index contributed by atoms with van der Waals surface area (Å²) < 4.78 is 5.90. The van der Waals surface area contributed by atoms with E-state index >= 15 is 0 Å². The fourth-order valence-corrected chi connectivity index (χ4v) is 4.03. The summed E-state index contributed by atoms with van der Waals surface area (Å²) in [7, 11) is 1.59. The van der Waals surface area contributed by atoms with Crippen LogP contribution in [-0.2, 0) is 4.79 Å². The third kappa shape index (κ3) is 4.08. The number of rotatable bonds is 5. The van der Waals surface area contributed by atoms with Crippen LogP contribution in [0, 0.1) is 5.41 Å². The highest BCUT2D eigenvalue weighted by Crippen LogP contribution is 2.46. The van der Waals surface area contributed by atoms with E-state index in [1.807, 2.05) is 13.8 Å². The standard InChI is InChI=1S/C21H22Cl2N4O3/c1-11-10-25-27(20(29)26-11)13-8-15(22)18(16(23)9-13)30-12(2)14-6-7-21(3,4)17(14)19(28)24-5/h8-10H,1-2,6-7H2,3-5H3,(H,24,28)(H,26,29). The average molecular weight is 449 g/mol. The number of urea groups is 1. The number of benzene rings is 1. The maximum atomic E-state index is 12.4. The molecule has 3 rings (SSSR count). The zero-order chi connectivity index (χ0) is 22.2. The van der Waals surface area contributed by atoms with Crippen molar-refractivity contribution in [3.05, 3.63) is 57.9 Å². The number of allylic oxidation sites excluding steroid dienone is 2. The minimum atomic E-state index is -0.485. The molecule has 1 aliphatic heterocycles.